The van der Waals surface area contributed by atoms with Crippen molar-refractivity contribution in [2.24, 2.45) is 5.41 Å². The second-order valence-corrected chi connectivity index (χ2v) is 5.43. The van der Waals surface area contributed by atoms with Crippen LogP contribution in [-0.4, -0.2) is 30.1 Å². The molecule has 0 spiro atoms. The summed E-state index contributed by atoms with van der Waals surface area (Å²) in [7, 11) is -0.298. The lowest BCUT2D eigenvalue weighted by atomic mass is 9.80. The van der Waals surface area contributed by atoms with Gasteiger partial charge in [0.15, 0.2) is 0 Å². The molecule has 1 aromatic heterocycles. The summed E-state index contributed by atoms with van der Waals surface area (Å²) >= 11 is 0. The molecule has 1 aliphatic rings. The first kappa shape index (κ1) is 11.7. The third-order valence-electron chi connectivity index (χ3n) is 2.65. The van der Waals surface area contributed by atoms with Crippen molar-refractivity contribution in [3.8, 4) is 0 Å². The summed E-state index contributed by atoms with van der Waals surface area (Å²) < 4.78 is 13.3. The molecule has 0 bridgehead atoms. The topological polar surface area (TPSA) is 36.3 Å². The molecule has 0 unspecified atom stereocenters. The molecule has 1 aromatic rings. The van der Waals surface area contributed by atoms with E-state index in [1.165, 1.54) is 0 Å². The van der Waals surface area contributed by atoms with Crippen LogP contribution in [-0.2, 0) is 9.31 Å². The van der Waals surface area contributed by atoms with Gasteiger partial charge in [0.1, 0.15) is 0 Å². The van der Waals surface area contributed by atoms with E-state index in [4.69, 9.17) is 9.31 Å². The lowest BCUT2D eigenvalue weighted by Crippen LogP contribution is -2.48. The zero-order valence-corrected chi connectivity index (χ0v) is 10.4. The van der Waals surface area contributed by atoms with Crippen LogP contribution in [0.2, 0.25) is 0 Å². The zero-order valence-electron chi connectivity index (χ0n) is 10.4. The fraction of sp³-hybridized carbons (Fsp3) is 0.727. The van der Waals surface area contributed by atoms with Crippen molar-refractivity contribution in [3.05, 3.63) is 12.3 Å². The van der Waals surface area contributed by atoms with Crippen molar-refractivity contribution < 1.29 is 9.31 Å². The van der Waals surface area contributed by atoms with E-state index in [2.05, 4.69) is 32.8 Å². The Morgan fingerprint density at radius 3 is 2.50 bits per heavy atom. The minimum absolute atomic E-state index is 0.108. The summed E-state index contributed by atoms with van der Waals surface area (Å²) in [6.45, 7) is 9.90. The third-order valence-corrected chi connectivity index (χ3v) is 2.65. The van der Waals surface area contributed by atoms with Crippen LogP contribution in [0.15, 0.2) is 12.3 Å². The highest BCUT2D eigenvalue weighted by Gasteiger charge is 2.35. The van der Waals surface area contributed by atoms with Gasteiger partial charge in [-0.3, -0.25) is 4.68 Å². The van der Waals surface area contributed by atoms with Crippen LogP contribution in [0.5, 0.6) is 0 Å². The van der Waals surface area contributed by atoms with Crippen molar-refractivity contribution in [1.82, 2.24) is 9.78 Å². The molecule has 5 heteroatoms. The van der Waals surface area contributed by atoms with Crippen molar-refractivity contribution in [1.29, 1.82) is 0 Å². The van der Waals surface area contributed by atoms with E-state index >= 15 is 0 Å². The molecule has 16 heavy (non-hydrogen) atoms. The highest BCUT2D eigenvalue weighted by atomic mass is 16.6. The van der Waals surface area contributed by atoms with Gasteiger partial charge in [-0.25, -0.2) is 0 Å². The summed E-state index contributed by atoms with van der Waals surface area (Å²) in [5, 5.41) is 4.45. The van der Waals surface area contributed by atoms with Gasteiger partial charge in [0.2, 0.25) is 0 Å². The molecule has 0 atom stereocenters. The van der Waals surface area contributed by atoms with Crippen LogP contribution < -0.4 is 5.59 Å². The first-order valence-electron chi connectivity index (χ1n) is 5.76. The van der Waals surface area contributed by atoms with Gasteiger partial charge in [-0.2, -0.15) is 5.10 Å². The Balaban J connectivity index is 2.03. The Morgan fingerprint density at radius 1 is 1.38 bits per heavy atom. The smallest absolute Gasteiger partial charge is 0.406 e. The van der Waals surface area contributed by atoms with Gasteiger partial charge in [0.05, 0.1) is 5.59 Å². The lowest BCUT2D eigenvalue weighted by Gasteiger charge is -2.32. The largest absolute Gasteiger partial charge is 0.515 e. The second-order valence-electron chi connectivity index (χ2n) is 5.43. The Morgan fingerprint density at radius 2 is 2.00 bits per heavy atom. The fourth-order valence-corrected chi connectivity index (χ4v) is 1.63. The van der Waals surface area contributed by atoms with Crippen LogP contribution in [0.3, 0.4) is 0 Å². The highest BCUT2D eigenvalue weighted by Crippen LogP contribution is 2.21. The van der Waals surface area contributed by atoms with Gasteiger partial charge in [-0.1, -0.05) is 13.8 Å². The van der Waals surface area contributed by atoms with Crippen LogP contribution in [0.25, 0.3) is 0 Å². The van der Waals surface area contributed by atoms with E-state index in [0.29, 0.717) is 19.3 Å². The number of aromatic nitrogens is 2. The molecule has 1 fully saturated rings. The van der Waals surface area contributed by atoms with Crippen molar-refractivity contribution in [2.45, 2.75) is 33.7 Å². The van der Waals surface area contributed by atoms with Crippen molar-refractivity contribution >= 4 is 12.7 Å². The van der Waals surface area contributed by atoms with Crippen molar-refractivity contribution in [3.63, 3.8) is 0 Å². The molecule has 0 amide bonds. The lowest BCUT2D eigenvalue weighted by molar-refractivity contribution is 0.0339. The molecule has 0 N–H and O–H groups in total. The van der Waals surface area contributed by atoms with Crippen LogP contribution in [0.4, 0.5) is 0 Å². The van der Waals surface area contributed by atoms with E-state index in [1.54, 1.807) is 0 Å². The van der Waals surface area contributed by atoms with Crippen LogP contribution >= 0.6 is 0 Å². The average Bonchev–Trinajstić information content (AvgIpc) is 2.66. The zero-order chi connectivity index (χ0) is 11.8. The quantitative estimate of drug-likeness (QED) is 0.706. The van der Waals surface area contributed by atoms with Gasteiger partial charge < -0.3 is 9.31 Å². The molecule has 2 rings (SSSR count). The molecule has 2 heterocycles. The summed E-state index contributed by atoms with van der Waals surface area (Å²) in [5.41, 5.74) is 0.973. The number of hydrogen-bond acceptors (Lipinski definition) is 3. The average molecular weight is 222 g/mol. The van der Waals surface area contributed by atoms with E-state index < -0.39 is 0 Å². The molecular weight excluding hydrogens is 203 g/mol. The predicted octanol–water partition coefficient (Wildman–Crippen LogP) is 1.23. The molecule has 0 aromatic carbocycles. The van der Waals surface area contributed by atoms with Crippen molar-refractivity contribution in [2.75, 3.05) is 13.2 Å². The first-order chi connectivity index (χ1) is 7.48. The standard InChI is InChI=1S/C11H19BN2O2/c1-9(2)14-6-5-10(13-14)12-15-7-11(3,4)8-16-12/h5-6,9H,7-8H2,1-4H3. The van der Waals surface area contributed by atoms with Gasteiger partial charge in [0, 0.05) is 30.9 Å². The Bertz CT molecular complexity index is 353. The Hall–Kier alpha value is -0.805. The SMILES string of the molecule is CC(C)n1ccc(B2OCC(C)(C)CO2)n1. The van der Waals surface area contributed by atoms with Crippen LogP contribution in [0.1, 0.15) is 33.7 Å². The summed E-state index contributed by atoms with van der Waals surface area (Å²) in [4.78, 5) is 0. The van der Waals surface area contributed by atoms with Gasteiger partial charge >= 0.3 is 7.12 Å². The molecule has 1 aliphatic heterocycles. The monoisotopic (exact) mass is 222 g/mol. The third kappa shape index (κ3) is 2.47. The normalized spacial score (nSPS) is 20.4. The van der Waals surface area contributed by atoms with Gasteiger partial charge in [-0.05, 0) is 19.9 Å². The van der Waals surface area contributed by atoms with E-state index in [-0.39, 0.29) is 12.5 Å². The first-order valence-corrected chi connectivity index (χ1v) is 5.76. The summed E-state index contributed by atoms with van der Waals surface area (Å²) in [6, 6.07) is 2.33. The number of rotatable bonds is 2. The van der Waals surface area contributed by atoms with E-state index in [1.807, 2.05) is 16.9 Å². The number of hydrogen-bond donors (Lipinski definition) is 0. The molecule has 0 aliphatic carbocycles. The Labute approximate surface area is 97.1 Å². The maximum atomic E-state index is 5.67. The predicted molar refractivity (Wildman–Crippen MR) is 63.7 cm³/mol. The molecule has 0 radical (unpaired) electrons. The maximum absolute atomic E-state index is 5.67. The Kier molecular flexibility index (Phi) is 3.08. The summed E-state index contributed by atoms with van der Waals surface area (Å²) in [6.07, 6.45) is 1.96. The van der Waals surface area contributed by atoms with Gasteiger partial charge in [-0.15, -0.1) is 0 Å². The number of nitrogens with zero attached hydrogens (tertiary/aromatic N) is 2. The molecule has 0 saturated carbocycles. The molecular formula is C11H19BN2O2. The summed E-state index contributed by atoms with van der Waals surface area (Å²) in [5.74, 6) is 0. The molecule has 1 saturated heterocycles. The van der Waals surface area contributed by atoms with Gasteiger partial charge in [0.25, 0.3) is 0 Å². The second kappa shape index (κ2) is 4.22. The maximum Gasteiger partial charge on any atom is 0.515 e. The van der Waals surface area contributed by atoms with E-state index in [0.717, 1.165) is 5.59 Å². The minimum Gasteiger partial charge on any atom is -0.406 e. The highest BCUT2D eigenvalue weighted by molar-refractivity contribution is 6.60. The molecule has 88 valence electrons. The fourth-order valence-electron chi connectivity index (χ4n) is 1.63. The van der Waals surface area contributed by atoms with Crippen LogP contribution in [0, 0.1) is 5.41 Å². The molecule has 4 nitrogen and oxygen atoms in total. The van der Waals surface area contributed by atoms with E-state index in [9.17, 15) is 0 Å². The minimum atomic E-state index is -0.298.